The van der Waals surface area contributed by atoms with E-state index in [0.29, 0.717) is 33.8 Å². The molecule has 3 rings (SSSR count). The molecule has 0 bridgehead atoms. The van der Waals surface area contributed by atoms with Gasteiger partial charge in [-0.25, -0.2) is 13.6 Å². The molecule has 104 valence electrons. The van der Waals surface area contributed by atoms with Gasteiger partial charge in [-0.3, -0.25) is 4.79 Å². The van der Waals surface area contributed by atoms with Crippen LogP contribution in [0.15, 0.2) is 28.5 Å². The van der Waals surface area contributed by atoms with Crippen LogP contribution in [0.5, 0.6) is 11.5 Å². The molecule has 8 heteroatoms. The molecule has 20 heavy (non-hydrogen) atoms. The Balaban J connectivity index is 2.14. The summed E-state index contributed by atoms with van der Waals surface area (Å²) < 4.78 is 33.1. The largest absolute Gasteiger partial charge is 0.454 e. The zero-order chi connectivity index (χ0) is 14.3. The van der Waals surface area contributed by atoms with Crippen LogP contribution >= 0.6 is 11.3 Å². The summed E-state index contributed by atoms with van der Waals surface area (Å²) >= 11 is 1.000. The fourth-order valence-corrected chi connectivity index (χ4v) is 3.65. The SMILES string of the molecule is NS(=O)(=O)c1ccc(-c2cc3c(cc2C=O)OCO3)s1. The van der Waals surface area contributed by atoms with Gasteiger partial charge >= 0.3 is 0 Å². The first-order valence-electron chi connectivity index (χ1n) is 5.51. The molecule has 1 aliphatic rings. The van der Waals surface area contributed by atoms with Crippen LogP contribution in [0.4, 0.5) is 0 Å². The van der Waals surface area contributed by atoms with Crippen molar-refractivity contribution in [1.82, 2.24) is 0 Å². The maximum atomic E-state index is 11.3. The summed E-state index contributed by atoms with van der Waals surface area (Å²) in [6.07, 6.45) is 0.688. The van der Waals surface area contributed by atoms with Crippen LogP contribution in [0.1, 0.15) is 10.4 Å². The van der Waals surface area contributed by atoms with Crippen molar-refractivity contribution >= 4 is 27.6 Å². The number of carbonyl (C=O) groups is 1. The summed E-state index contributed by atoms with van der Waals surface area (Å²) in [6.45, 7) is 0.101. The lowest BCUT2D eigenvalue weighted by molar-refractivity contribution is 0.112. The Morgan fingerprint density at radius 1 is 1.20 bits per heavy atom. The Kier molecular flexibility index (Phi) is 3.00. The minimum absolute atomic E-state index is 0.0435. The van der Waals surface area contributed by atoms with E-state index >= 15 is 0 Å². The summed E-state index contributed by atoms with van der Waals surface area (Å²) in [7, 11) is -3.75. The van der Waals surface area contributed by atoms with Crippen molar-refractivity contribution in [3.05, 3.63) is 29.8 Å². The Morgan fingerprint density at radius 2 is 1.90 bits per heavy atom. The second-order valence-electron chi connectivity index (χ2n) is 4.07. The first-order chi connectivity index (χ1) is 9.49. The molecule has 0 aliphatic carbocycles. The van der Waals surface area contributed by atoms with Crippen molar-refractivity contribution in [1.29, 1.82) is 0 Å². The summed E-state index contributed by atoms with van der Waals surface area (Å²) in [5.74, 6) is 1.02. The highest BCUT2D eigenvalue weighted by Gasteiger charge is 2.20. The molecular formula is C12H9NO5S2. The highest BCUT2D eigenvalue weighted by atomic mass is 32.2. The zero-order valence-corrected chi connectivity index (χ0v) is 11.7. The smallest absolute Gasteiger partial charge is 0.247 e. The highest BCUT2D eigenvalue weighted by molar-refractivity contribution is 7.91. The van der Waals surface area contributed by atoms with Gasteiger partial charge in [0.05, 0.1) is 0 Å². The number of hydrogen-bond donors (Lipinski definition) is 1. The summed E-state index contributed by atoms with van der Waals surface area (Å²) in [5, 5.41) is 5.08. The normalized spacial score (nSPS) is 13.4. The lowest BCUT2D eigenvalue weighted by Crippen LogP contribution is -2.09. The van der Waals surface area contributed by atoms with Gasteiger partial charge in [0.25, 0.3) is 0 Å². The molecule has 1 aliphatic heterocycles. The molecule has 0 saturated heterocycles. The van der Waals surface area contributed by atoms with E-state index in [1.54, 1.807) is 18.2 Å². The van der Waals surface area contributed by atoms with Gasteiger partial charge in [-0.05, 0) is 24.3 Å². The van der Waals surface area contributed by atoms with Crippen molar-refractivity contribution in [2.45, 2.75) is 4.21 Å². The van der Waals surface area contributed by atoms with Gasteiger partial charge in [-0.2, -0.15) is 0 Å². The molecule has 0 saturated carbocycles. The highest BCUT2D eigenvalue weighted by Crippen LogP contribution is 2.40. The van der Waals surface area contributed by atoms with Crippen LogP contribution in [-0.4, -0.2) is 21.5 Å². The molecule has 0 atom stereocenters. The van der Waals surface area contributed by atoms with E-state index in [9.17, 15) is 13.2 Å². The maximum Gasteiger partial charge on any atom is 0.247 e. The third-order valence-electron chi connectivity index (χ3n) is 2.80. The second-order valence-corrected chi connectivity index (χ2v) is 6.95. The van der Waals surface area contributed by atoms with E-state index in [-0.39, 0.29) is 11.0 Å². The Labute approximate surface area is 118 Å². The second kappa shape index (κ2) is 4.58. The number of thiophene rings is 1. The van der Waals surface area contributed by atoms with E-state index in [2.05, 4.69) is 0 Å². The van der Waals surface area contributed by atoms with Crippen molar-refractivity contribution in [2.75, 3.05) is 6.79 Å². The molecule has 0 fully saturated rings. The molecule has 2 N–H and O–H groups in total. The average Bonchev–Trinajstić information content (AvgIpc) is 3.04. The van der Waals surface area contributed by atoms with Crippen LogP contribution in [0.3, 0.4) is 0 Å². The number of primary sulfonamides is 1. The van der Waals surface area contributed by atoms with Gasteiger partial charge in [-0.1, -0.05) is 0 Å². The van der Waals surface area contributed by atoms with Gasteiger partial charge < -0.3 is 9.47 Å². The maximum absolute atomic E-state index is 11.3. The van der Waals surface area contributed by atoms with E-state index in [1.807, 2.05) is 0 Å². The number of benzene rings is 1. The van der Waals surface area contributed by atoms with E-state index in [4.69, 9.17) is 14.6 Å². The molecule has 2 aromatic rings. The third kappa shape index (κ3) is 2.17. The first kappa shape index (κ1) is 13.1. The van der Waals surface area contributed by atoms with E-state index in [0.717, 1.165) is 11.3 Å². The molecule has 1 aromatic heterocycles. The van der Waals surface area contributed by atoms with Crippen LogP contribution in [-0.2, 0) is 10.0 Å². The van der Waals surface area contributed by atoms with Gasteiger partial charge in [0.15, 0.2) is 17.8 Å². The molecule has 0 amide bonds. The molecule has 2 heterocycles. The van der Waals surface area contributed by atoms with Crippen LogP contribution in [0.25, 0.3) is 10.4 Å². The minimum atomic E-state index is -3.75. The Hall–Kier alpha value is -1.90. The predicted octanol–water partition coefficient (Wildman–Crippen LogP) is 1.60. The van der Waals surface area contributed by atoms with Gasteiger partial charge in [0.1, 0.15) is 4.21 Å². The molecule has 0 radical (unpaired) electrons. The van der Waals surface area contributed by atoms with Crippen molar-refractivity contribution in [3.63, 3.8) is 0 Å². The summed E-state index contributed by atoms with van der Waals surface area (Å²) in [6, 6.07) is 6.25. The number of ether oxygens (including phenoxy) is 2. The minimum Gasteiger partial charge on any atom is -0.454 e. The van der Waals surface area contributed by atoms with Crippen molar-refractivity contribution in [3.8, 4) is 21.9 Å². The molecule has 0 spiro atoms. The lowest BCUT2D eigenvalue weighted by Gasteiger charge is -2.04. The molecular weight excluding hydrogens is 302 g/mol. The summed E-state index contributed by atoms with van der Waals surface area (Å²) in [5.41, 5.74) is 0.987. The van der Waals surface area contributed by atoms with Crippen LogP contribution in [0, 0.1) is 0 Å². The monoisotopic (exact) mass is 311 g/mol. The zero-order valence-electron chi connectivity index (χ0n) is 10.0. The van der Waals surface area contributed by atoms with Gasteiger partial charge in [-0.15, -0.1) is 11.3 Å². The molecule has 6 nitrogen and oxygen atoms in total. The predicted molar refractivity (Wildman–Crippen MR) is 72.6 cm³/mol. The van der Waals surface area contributed by atoms with E-state index in [1.165, 1.54) is 6.07 Å². The number of aldehydes is 1. The van der Waals surface area contributed by atoms with Crippen molar-refractivity contribution < 1.29 is 22.7 Å². The Bertz CT molecular complexity index is 794. The fourth-order valence-electron chi connectivity index (χ4n) is 1.89. The third-order valence-corrected chi connectivity index (χ3v) is 5.36. The number of sulfonamides is 1. The summed E-state index contributed by atoms with van der Waals surface area (Å²) in [4.78, 5) is 11.8. The standard InChI is InChI=1S/C12H9NO5S2/c13-20(15,16)12-2-1-11(19-12)8-4-10-9(17-6-18-10)3-7(8)5-14/h1-5H,6H2,(H2,13,15,16). The average molecular weight is 311 g/mol. The van der Waals surface area contributed by atoms with E-state index < -0.39 is 10.0 Å². The number of nitrogens with two attached hydrogens (primary N) is 1. The van der Waals surface area contributed by atoms with Gasteiger partial charge in [0, 0.05) is 16.0 Å². The van der Waals surface area contributed by atoms with Crippen LogP contribution < -0.4 is 14.6 Å². The number of carbonyl (C=O) groups excluding carboxylic acids is 1. The molecule has 1 aromatic carbocycles. The number of fused-ring (bicyclic) bond motifs is 1. The number of hydrogen-bond acceptors (Lipinski definition) is 6. The quantitative estimate of drug-likeness (QED) is 0.869. The first-order valence-corrected chi connectivity index (χ1v) is 7.87. The molecule has 0 unspecified atom stereocenters. The lowest BCUT2D eigenvalue weighted by atomic mass is 10.1. The Morgan fingerprint density at radius 3 is 2.50 bits per heavy atom. The van der Waals surface area contributed by atoms with Crippen LogP contribution in [0.2, 0.25) is 0 Å². The number of rotatable bonds is 3. The fraction of sp³-hybridized carbons (Fsp3) is 0.0833. The topological polar surface area (TPSA) is 95.7 Å². The van der Waals surface area contributed by atoms with Gasteiger partial charge in [0.2, 0.25) is 16.8 Å². The van der Waals surface area contributed by atoms with Crippen molar-refractivity contribution in [2.24, 2.45) is 5.14 Å².